The Hall–Kier alpha value is -0.870. The minimum atomic E-state index is -0.115. The standard InChI is InChI=1S/C12H15Cl2N3O/c1-7-3-4-17(8(2)5-7)12(18)9-6-10(13)15-16-11(9)14/h6-8H,3-5H2,1-2H3. The van der Waals surface area contributed by atoms with E-state index in [4.69, 9.17) is 23.2 Å². The normalized spacial score (nSPS) is 24.1. The predicted molar refractivity (Wildman–Crippen MR) is 70.9 cm³/mol. The summed E-state index contributed by atoms with van der Waals surface area (Å²) in [7, 11) is 0. The van der Waals surface area contributed by atoms with Crippen LogP contribution in [0.15, 0.2) is 6.07 Å². The molecule has 0 aliphatic carbocycles. The Morgan fingerprint density at radius 3 is 2.78 bits per heavy atom. The van der Waals surface area contributed by atoms with Crippen LogP contribution >= 0.6 is 23.2 Å². The van der Waals surface area contributed by atoms with Gasteiger partial charge in [0, 0.05) is 12.6 Å². The maximum Gasteiger partial charge on any atom is 0.257 e. The van der Waals surface area contributed by atoms with Gasteiger partial charge in [-0.3, -0.25) is 4.79 Å². The van der Waals surface area contributed by atoms with Crippen molar-refractivity contribution in [3.63, 3.8) is 0 Å². The number of amides is 1. The van der Waals surface area contributed by atoms with Gasteiger partial charge in [0.25, 0.3) is 5.91 Å². The molecule has 6 heteroatoms. The minimum Gasteiger partial charge on any atom is -0.336 e. The summed E-state index contributed by atoms with van der Waals surface area (Å²) in [6.07, 6.45) is 2.02. The molecule has 18 heavy (non-hydrogen) atoms. The van der Waals surface area contributed by atoms with Gasteiger partial charge in [0.05, 0.1) is 5.56 Å². The summed E-state index contributed by atoms with van der Waals surface area (Å²) in [5.41, 5.74) is 0.332. The number of rotatable bonds is 1. The van der Waals surface area contributed by atoms with Gasteiger partial charge in [0.2, 0.25) is 0 Å². The second-order valence-corrected chi connectivity index (χ2v) is 5.59. The van der Waals surface area contributed by atoms with E-state index in [9.17, 15) is 4.79 Å². The average Bonchev–Trinajstić information content (AvgIpc) is 2.31. The highest BCUT2D eigenvalue weighted by Gasteiger charge is 2.29. The molecule has 2 heterocycles. The predicted octanol–water partition coefficient (Wildman–Crippen LogP) is 3.04. The van der Waals surface area contributed by atoms with Gasteiger partial charge < -0.3 is 4.90 Å². The quantitative estimate of drug-likeness (QED) is 0.798. The Balaban J connectivity index is 2.23. The van der Waals surface area contributed by atoms with E-state index in [-0.39, 0.29) is 22.3 Å². The molecule has 1 aliphatic rings. The molecular formula is C12H15Cl2N3O. The van der Waals surface area contributed by atoms with Crippen molar-refractivity contribution in [3.8, 4) is 0 Å². The zero-order chi connectivity index (χ0) is 13.3. The number of likely N-dealkylation sites (tertiary alicyclic amines) is 1. The van der Waals surface area contributed by atoms with Gasteiger partial charge in [-0.2, -0.15) is 0 Å². The highest BCUT2D eigenvalue weighted by Crippen LogP contribution is 2.25. The van der Waals surface area contributed by atoms with Crippen molar-refractivity contribution < 1.29 is 4.79 Å². The molecule has 0 radical (unpaired) electrons. The summed E-state index contributed by atoms with van der Waals surface area (Å²) in [5, 5.41) is 7.57. The van der Waals surface area contributed by atoms with Crippen LogP contribution in [0.4, 0.5) is 0 Å². The van der Waals surface area contributed by atoms with Crippen LogP contribution in [0.2, 0.25) is 10.3 Å². The summed E-state index contributed by atoms with van der Waals surface area (Å²) in [6, 6.07) is 1.69. The van der Waals surface area contributed by atoms with Crippen molar-refractivity contribution >= 4 is 29.1 Å². The third-order valence-corrected chi connectivity index (χ3v) is 3.81. The Labute approximate surface area is 116 Å². The van der Waals surface area contributed by atoms with E-state index in [1.54, 1.807) is 0 Å². The summed E-state index contributed by atoms with van der Waals surface area (Å²) in [4.78, 5) is 14.2. The number of aromatic nitrogens is 2. The van der Waals surface area contributed by atoms with E-state index in [0.29, 0.717) is 11.5 Å². The summed E-state index contributed by atoms with van der Waals surface area (Å²) in [5.74, 6) is 0.537. The fourth-order valence-electron chi connectivity index (χ4n) is 2.37. The van der Waals surface area contributed by atoms with Gasteiger partial charge in [-0.1, -0.05) is 30.1 Å². The Morgan fingerprint density at radius 2 is 2.11 bits per heavy atom. The summed E-state index contributed by atoms with van der Waals surface area (Å²) in [6.45, 7) is 5.01. The highest BCUT2D eigenvalue weighted by atomic mass is 35.5. The second-order valence-electron chi connectivity index (χ2n) is 4.85. The van der Waals surface area contributed by atoms with Crippen LogP contribution in [0.5, 0.6) is 0 Å². The van der Waals surface area contributed by atoms with Gasteiger partial charge >= 0.3 is 0 Å². The van der Waals surface area contributed by atoms with Crippen molar-refractivity contribution in [1.29, 1.82) is 0 Å². The monoisotopic (exact) mass is 287 g/mol. The lowest BCUT2D eigenvalue weighted by molar-refractivity contribution is 0.0588. The highest BCUT2D eigenvalue weighted by molar-refractivity contribution is 6.34. The van der Waals surface area contributed by atoms with E-state index in [1.807, 2.05) is 4.90 Å². The lowest BCUT2D eigenvalue weighted by Gasteiger charge is -2.36. The Kier molecular flexibility index (Phi) is 4.07. The van der Waals surface area contributed by atoms with Crippen molar-refractivity contribution in [2.24, 2.45) is 5.92 Å². The topological polar surface area (TPSA) is 46.1 Å². The zero-order valence-electron chi connectivity index (χ0n) is 10.4. The molecule has 1 aromatic heterocycles. The molecule has 0 spiro atoms. The number of piperidine rings is 1. The molecule has 2 unspecified atom stereocenters. The van der Waals surface area contributed by atoms with Gasteiger partial charge in [-0.15, -0.1) is 10.2 Å². The van der Waals surface area contributed by atoms with Crippen molar-refractivity contribution in [3.05, 3.63) is 21.9 Å². The van der Waals surface area contributed by atoms with Gasteiger partial charge in [0.1, 0.15) is 0 Å². The molecule has 1 saturated heterocycles. The molecule has 4 nitrogen and oxygen atoms in total. The molecule has 0 N–H and O–H groups in total. The number of hydrogen-bond donors (Lipinski definition) is 0. The van der Waals surface area contributed by atoms with Crippen molar-refractivity contribution in [2.75, 3.05) is 6.54 Å². The SMILES string of the molecule is CC1CCN(C(=O)c2cc(Cl)nnc2Cl)C(C)C1. The second kappa shape index (κ2) is 5.41. The van der Waals surface area contributed by atoms with E-state index in [0.717, 1.165) is 19.4 Å². The van der Waals surface area contributed by atoms with E-state index in [1.165, 1.54) is 6.07 Å². The molecular weight excluding hydrogens is 273 g/mol. The molecule has 98 valence electrons. The van der Waals surface area contributed by atoms with E-state index >= 15 is 0 Å². The number of carbonyl (C=O) groups excluding carboxylic acids is 1. The largest absolute Gasteiger partial charge is 0.336 e. The first kappa shape index (κ1) is 13.6. The maximum atomic E-state index is 12.4. The van der Waals surface area contributed by atoms with Crippen LogP contribution < -0.4 is 0 Å². The van der Waals surface area contributed by atoms with E-state index in [2.05, 4.69) is 24.0 Å². The molecule has 0 aromatic carbocycles. The van der Waals surface area contributed by atoms with E-state index < -0.39 is 0 Å². The minimum absolute atomic E-state index is 0.107. The first-order valence-corrected chi connectivity index (χ1v) is 6.74. The third kappa shape index (κ3) is 2.75. The number of hydrogen-bond acceptors (Lipinski definition) is 3. The molecule has 1 amide bonds. The first-order valence-electron chi connectivity index (χ1n) is 5.98. The number of nitrogens with zero attached hydrogens (tertiary/aromatic N) is 3. The lowest BCUT2D eigenvalue weighted by atomic mass is 9.93. The zero-order valence-corrected chi connectivity index (χ0v) is 11.9. The fourth-order valence-corrected chi connectivity index (χ4v) is 2.69. The van der Waals surface area contributed by atoms with Crippen LogP contribution in [0.3, 0.4) is 0 Å². The van der Waals surface area contributed by atoms with Crippen molar-refractivity contribution in [1.82, 2.24) is 15.1 Å². The van der Waals surface area contributed by atoms with Crippen molar-refractivity contribution in [2.45, 2.75) is 32.7 Å². The summed E-state index contributed by atoms with van der Waals surface area (Å²) < 4.78 is 0. The van der Waals surface area contributed by atoms with Crippen LogP contribution in [0.1, 0.15) is 37.0 Å². The van der Waals surface area contributed by atoms with Crippen LogP contribution in [-0.4, -0.2) is 33.6 Å². The molecule has 2 atom stereocenters. The maximum absolute atomic E-state index is 12.4. The van der Waals surface area contributed by atoms with Gasteiger partial charge in [0.15, 0.2) is 10.3 Å². The third-order valence-electron chi connectivity index (χ3n) is 3.35. The van der Waals surface area contributed by atoms with Gasteiger partial charge in [-0.25, -0.2) is 0 Å². The smallest absolute Gasteiger partial charge is 0.257 e. The fraction of sp³-hybridized carbons (Fsp3) is 0.583. The Bertz CT molecular complexity index is 467. The molecule has 0 bridgehead atoms. The average molecular weight is 288 g/mol. The van der Waals surface area contributed by atoms with Crippen LogP contribution in [-0.2, 0) is 0 Å². The lowest BCUT2D eigenvalue weighted by Crippen LogP contribution is -2.44. The Morgan fingerprint density at radius 1 is 1.39 bits per heavy atom. The molecule has 1 aromatic rings. The molecule has 0 saturated carbocycles. The number of carbonyl (C=O) groups is 1. The summed E-state index contributed by atoms with van der Waals surface area (Å²) >= 11 is 11.7. The number of halogens is 2. The first-order chi connectivity index (χ1) is 8.49. The molecule has 1 fully saturated rings. The van der Waals surface area contributed by atoms with Crippen LogP contribution in [0.25, 0.3) is 0 Å². The molecule has 1 aliphatic heterocycles. The molecule has 2 rings (SSSR count). The van der Waals surface area contributed by atoms with Crippen LogP contribution in [0, 0.1) is 5.92 Å². The van der Waals surface area contributed by atoms with Gasteiger partial charge in [-0.05, 0) is 31.7 Å².